The molecule has 4 rings (SSSR count). The highest BCUT2D eigenvalue weighted by Gasteiger charge is 2.30. The Labute approximate surface area is 212 Å². The molecule has 7 nitrogen and oxygen atoms in total. The Morgan fingerprint density at radius 2 is 1.97 bits per heavy atom. The standard InChI is InChI=1S/C25H24Cl2FN5O2/c1-12(2)35-22-17(13(3)24-31-14(4)21-23(29)30-8-9-33(21)24)11-18(27)20(28)19(22)25(34)32-16-7-5-6-15(26)10-16/h5-13H,1-4H3,(H2,29,30)(H,32,34). The highest BCUT2D eigenvalue weighted by atomic mass is 35.5. The van der Waals surface area contributed by atoms with Crippen LogP contribution in [0.5, 0.6) is 5.75 Å². The molecule has 0 aliphatic heterocycles. The maximum atomic E-state index is 15.4. The number of imidazole rings is 1. The Bertz CT molecular complexity index is 1440. The van der Waals surface area contributed by atoms with Crippen molar-refractivity contribution in [2.24, 2.45) is 0 Å². The van der Waals surface area contributed by atoms with Gasteiger partial charge in [-0.3, -0.25) is 9.20 Å². The summed E-state index contributed by atoms with van der Waals surface area (Å²) in [5.74, 6) is -0.991. The zero-order valence-corrected chi connectivity index (χ0v) is 21.1. The highest BCUT2D eigenvalue weighted by Crippen LogP contribution is 2.40. The number of nitrogens with zero attached hydrogens (tertiary/aromatic N) is 3. The molecule has 182 valence electrons. The molecule has 1 unspecified atom stereocenters. The average molecular weight is 516 g/mol. The van der Waals surface area contributed by atoms with Crippen molar-refractivity contribution < 1.29 is 13.9 Å². The molecule has 3 N–H and O–H groups in total. The van der Waals surface area contributed by atoms with Gasteiger partial charge in [0.05, 0.1) is 16.8 Å². The van der Waals surface area contributed by atoms with Crippen LogP contribution in [0.4, 0.5) is 15.9 Å². The number of anilines is 2. The van der Waals surface area contributed by atoms with E-state index < -0.39 is 17.6 Å². The largest absolute Gasteiger partial charge is 0.490 e. The predicted molar refractivity (Wildman–Crippen MR) is 136 cm³/mol. The van der Waals surface area contributed by atoms with E-state index in [9.17, 15) is 4.79 Å². The van der Waals surface area contributed by atoms with Gasteiger partial charge in [-0.2, -0.15) is 0 Å². The number of ether oxygens (including phenoxy) is 1. The minimum absolute atomic E-state index is 0.0883. The fraction of sp³-hybridized carbons (Fsp3) is 0.240. The SMILES string of the molecule is Cc1nc(C(C)c2cc(Cl)c(F)c(C(=O)Nc3cccc(Cl)c3)c2OC(C)C)n2ccnc(N)c12. The maximum absolute atomic E-state index is 15.4. The number of nitrogens with two attached hydrogens (primary N) is 1. The maximum Gasteiger partial charge on any atom is 0.262 e. The third-order valence-corrected chi connectivity index (χ3v) is 6.01. The molecule has 0 fully saturated rings. The number of rotatable bonds is 6. The van der Waals surface area contributed by atoms with Crippen molar-refractivity contribution in [3.63, 3.8) is 0 Å². The lowest BCUT2D eigenvalue weighted by Crippen LogP contribution is -2.20. The van der Waals surface area contributed by atoms with Crippen molar-refractivity contribution in [2.45, 2.75) is 39.7 Å². The van der Waals surface area contributed by atoms with E-state index in [4.69, 9.17) is 33.7 Å². The molecular weight excluding hydrogens is 492 g/mol. The summed E-state index contributed by atoms with van der Waals surface area (Å²) >= 11 is 12.3. The molecule has 2 heterocycles. The number of carbonyl (C=O) groups is 1. The molecule has 1 amide bonds. The van der Waals surface area contributed by atoms with E-state index in [2.05, 4.69) is 15.3 Å². The summed E-state index contributed by atoms with van der Waals surface area (Å²) in [4.78, 5) is 22.1. The number of benzene rings is 2. The topological polar surface area (TPSA) is 94.5 Å². The van der Waals surface area contributed by atoms with Gasteiger partial charge >= 0.3 is 0 Å². The first kappa shape index (κ1) is 24.8. The molecule has 1 atom stereocenters. The number of nitrogens with one attached hydrogen (secondary N) is 1. The van der Waals surface area contributed by atoms with Crippen LogP contribution in [-0.4, -0.2) is 26.4 Å². The summed E-state index contributed by atoms with van der Waals surface area (Å²) in [5, 5.41) is 2.90. The molecule has 0 aliphatic carbocycles. The summed E-state index contributed by atoms with van der Waals surface area (Å²) in [6.45, 7) is 7.29. The number of hydrogen-bond acceptors (Lipinski definition) is 5. The number of fused-ring (bicyclic) bond motifs is 1. The minimum Gasteiger partial charge on any atom is -0.490 e. The van der Waals surface area contributed by atoms with E-state index in [1.807, 2.05) is 18.2 Å². The van der Waals surface area contributed by atoms with Gasteiger partial charge < -0.3 is 15.8 Å². The van der Waals surface area contributed by atoms with Crippen LogP contribution in [0, 0.1) is 12.7 Å². The van der Waals surface area contributed by atoms with E-state index in [-0.39, 0.29) is 22.4 Å². The van der Waals surface area contributed by atoms with Crippen LogP contribution in [0.2, 0.25) is 10.0 Å². The molecule has 0 aliphatic rings. The number of carbonyl (C=O) groups excluding carboxylic acids is 1. The zero-order chi connectivity index (χ0) is 25.4. The van der Waals surface area contributed by atoms with Crippen LogP contribution >= 0.6 is 23.2 Å². The van der Waals surface area contributed by atoms with Crippen LogP contribution in [0.1, 0.15) is 54.1 Å². The second-order valence-electron chi connectivity index (χ2n) is 8.40. The zero-order valence-electron chi connectivity index (χ0n) is 19.6. The van der Waals surface area contributed by atoms with E-state index in [0.29, 0.717) is 39.1 Å². The molecule has 35 heavy (non-hydrogen) atoms. The van der Waals surface area contributed by atoms with Crippen LogP contribution in [0.3, 0.4) is 0 Å². The van der Waals surface area contributed by atoms with Crippen molar-refractivity contribution in [3.05, 3.63) is 81.2 Å². The minimum atomic E-state index is -0.879. The number of hydrogen-bond donors (Lipinski definition) is 2. The summed E-state index contributed by atoms with van der Waals surface area (Å²) in [6, 6.07) is 8.03. The Hall–Kier alpha value is -3.36. The lowest BCUT2D eigenvalue weighted by Gasteiger charge is -2.22. The van der Waals surface area contributed by atoms with Gasteiger partial charge in [-0.25, -0.2) is 14.4 Å². The second kappa shape index (κ2) is 9.71. The monoisotopic (exact) mass is 515 g/mol. The van der Waals surface area contributed by atoms with Crippen molar-refractivity contribution in [1.82, 2.24) is 14.4 Å². The number of nitrogen functional groups attached to an aromatic ring is 1. The van der Waals surface area contributed by atoms with Crippen LogP contribution in [0.25, 0.3) is 5.52 Å². The Kier molecular flexibility index (Phi) is 6.87. The lowest BCUT2D eigenvalue weighted by atomic mass is 9.95. The molecule has 4 aromatic rings. The van der Waals surface area contributed by atoms with Gasteiger partial charge in [0.25, 0.3) is 5.91 Å². The summed E-state index contributed by atoms with van der Waals surface area (Å²) in [7, 11) is 0. The fourth-order valence-corrected chi connectivity index (χ4v) is 4.39. The summed E-state index contributed by atoms with van der Waals surface area (Å²) < 4.78 is 23.2. The van der Waals surface area contributed by atoms with Crippen molar-refractivity contribution >= 4 is 46.1 Å². The Morgan fingerprint density at radius 1 is 1.23 bits per heavy atom. The van der Waals surface area contributed by atoms with Crippen LogP contribution < -0.4 is 15.8 Å². The molecule has 0 spiro atoms. The molecule has 0 saturated carbocycles. The van der Waals surface area contributed by atoms with Gasteiger partial charge in [0.15, 0.2) is 5.82 Å². The molecule has 0 bridgehead atoms. The first-order chi connectivity index (χ1) is 16.6. The Morgan fingerprint density at radius 3 is 2.66 bits per heavy atom. The summed E-state index contributed by atoms with van der Waals surface area (Å²) in [6.07, 6.45) is 2.98. The molecule has 10 heteroatoms. The third kappa shape index (κ3) is 4.76. The van der Waals surface area contributed by atoms with Crippen LogP contribution in [0.15, 0.2) is 42.7 Å². The van der Waals surface area contributed by atoms with E-state index in [1.54, 1.807) is 50.5 Å². The van der Waals surface area contributed by atoms with E-state index >= 15 is 4.39 Å². The van der Waals surface area contributed by atoms with Gasteiger partial charge in [-0.1, -0.05) is 36.2 Å². The smallest absolute Gasteiger partial charge is 0.262 e. The normalized spacial score (nSPS) is 12.2. The number of halogens is 3. The van der Waals surface area contributed by atoms with Crippen molar-refractivity contribution in [1.29, 1.82) is 0 Å². The number of aryl methyl sites for hydroxylation is 1. The van der Waals surface area contributed by atoms with Crippen LogP contribution in [-0.2, 0) is 0 Å². The second-order valence-corrected chi connectivity index (χ2v) is 9.25. The fourth-order valence-electron chi connectivity index (χ4n) is 3.99. The predicted octanol–water partition coefficient (Wildman–Crippen LogP) is 6.26. The first-order valence-corrected chi connectivity index (χ1v) is 11.7. The number of amides is 1. The van der Waals surface area contributed by atoms with E-state index in [1.165, 1.54) is 6.07 Å². The number of aromatic nitrogens is 3. The van der Waals surface area contributed by atoms with Crippen molar-refractivity contribution in [2.75, 3.05) is 11.1 Å². The van der Waals surface area contributed by atoms with Gasteiger partial charge in [-0.05, 0) is 45.0 Å². The van der Waals surface area contributed by atoms with Gasteiger partial charge in [0.1, 0.15) is 28.5 Å². The van der Waals surface area contributed by atoms with E-state index in [0.717, 1.165) is 0 Å². The first-order valence-electron chi connectivity index (χ1n) is 10.9. The van der Waals surface area contributed by atoms with Gasteiger partial charge in [-0.15, -0.1) is 0 Å². The molecule has 0 saturated heterocycles. The highest BCUT2D eigenvalue weighted by molar-refractivity contribution is 6.32. The molecule has 2 aromatic heterocycles. The third-order valence-electron chi connectivity index (χ3n) is 5.50. The summed E-state index contributed by atoms with van der Waals surface area (Å²) in [5.41, 5.74) is 8.04. The quantitative estimate of drug-likeness (QED) is 0.316. The van der Waals surface area contributed by atoms with Crippen molar-refractivity contribution in [3.8, 4) is 5.75 Å². The molecule has 0 radical (unpaired) electrons. The Balaban J connectivity index is 1.89. The molecular formula is C25H24Cl2FN5O2. The molecule has 2 aromatic carbocycles. The average Bonchev–Trinajstić information content (AvgIpc) is 3.13. The lowest BCUT2D eigenvalue weighted by molar-refractivity contribution is 0.101. The van der Waals surface area contributed by atoms with Gasteiger partial charge in [0, 0.05) is 34.6 Å². The van der Waals surface area contributed by atoms with Gasteiger partial charge in [0.2, 0.25) is 0 Å².